The van der Waals surface area contributed by atoms with Crippen molar-refractivity contribution >= 4 is 0 Å². The van der Waals surface area contributed by atoms with Gasteiger partial charge in [-0.1, -0.05) is 0 Å². The van der Waals surface area contributed by atoms with Crippen molar-refractivity contribution in [2.24, 2.45) is 5.92 Å². The molecule has 1 aromatic heterocycles. The third kappa shape index (κ3) is 3.08. The molecule has 0 bridgehead atoms. The zero-order valence-electron chi connectivity index (χ0n) is 9.24. The predicted molar refractivity (Wildman–Crippen MR) is 58.8 cm³/mol. The van der Waals surface area contributed by atoms with Gasteiger partial charge >= 0.3 is 0 Å². The van der Waals surface area contributed by atoms with Gasteiger partial charge in [0.2, 0.25) is 0 Å². The van der Waals surface area contributed by atoms with Crippen LogP contribution in [0.2, 0.25) is 0 Å². The number of rotatable bonds is 5. The fourth-order valence-electron chi connectivity index (χ4n) is 2.17. The minimum atomic E-state index is 0.536. The van der Waals surface area contributed by atoms with Crippen LogP contribution in [-0.4, -0.2) is 26.3 Å². The average Bonchev–Trinajstić information content (AvgIpc) is 2.89. The van der Waals surface area contributed by atoms with E-state index in [1.807, 2.05) is 19.4 Å². The number of hydrogen-bond donors (Lipinski definition) is 1. The molecule has 1 N–H and O–H groups in total. The summed E-state index contributed by atoms with van der Waals surface area (Å²) in [6.07, 6.45) is 7.02. The molecule has 0 spiro atoms. The molecule has 2 heterocycles. The lowest BCUT2D eigenvalue weighted by Gasteiger charge is -2.18. The summed E-state index contributed by atoms with van der Waals surface area (Å²) < 4.78 is 10.5. The van der Waals surface area contributed by atoms with E-state index in [0.717, 1.165) is 25.6 Å². The van der Waals surface area contributed by atoms with E-state index in [2.05, 4.69) is 5.32 Å². The summed E-state index contributed by atoms with van der Waals surface area (Å²) in [5.74, 6) is 0.731. The second-order valence-corrected chi connectivity index (χ2v) is 4.29. The molecule has 2 rings (SSSR count). The molecule has 1 aliphatic rings. The summed E-state index contributed by atoms with van der Waals surface area (Å²) in [6.45, 7) is 1.87. The molecule has 3 heteroatoms. The van der Waals surface area contributed by atoms with Crippen molar-refractivity contribution < 1.29 is 9.15 Å². The molecular formula is C12H19NO2. The van der Waals surface area contributed by atoms with Gasteiger partial charge in [0.1, 0.15) is 0 Å². The monoisotopic (exact) mass is 209 g/mol. The van der Waals surface area contributed by atoms with E-state index in [9.17, 15) is 0 Å². The van der Waals surface area contributed by atoms with Crippen LogP contribution in [0.5, 0.6) is 0 Å². The zero-order chi connectivity index (χ0) is 10.5. The fourth-order valence-corrected chi connectivity index (χ4v) is 2.17. The largest absolute Gasteiger partial charge is 0.472 e. The molecular weight excluding hydrogens is 190 g/mol. The quantitative estimate of drug-likeness (QED) is 0.803. The van der Waals surface area contributed by atoms with Crippen molar-refractivity contribution in [2.45, 2.75) is 25.3 Å². The Balaban J connectivity index is 1.81. The smallest absolute Gasteiger partial charge is 0.0935 e. The van der Waals surface area contributed by atoms with Crippen molar-refractivity contribution in [3.05, 3.63) is 24.2 Å². The molecule has 15 heavy (non-hydrogen) atoms. The summed E-state index contributed by atoms with van der Waals surface area (Å²) in [4.78, 5) is 0. The van der Waals surface area contributed by atoms with Crippen molar-refractivity contribution in [2.75, 3.05) is 20.3 Å². The van der Waals surface area contributed by atoms with E-state index >= 15 is 0 Å². The van der Waals surface area contributed by atoms with Crippen LogP contribution in [-0.2, 0) is 11.2 Å². The van der Waals surface area contributed by atoms with Gasteiger partial charge < -0.3 is 14.5 Å². The molecule has 0 saturated carbocycles. The lowest BCUT2D eigenvalue weighted by atomic mass is 9.95. The average molecular weight is 209 g/mol. The lowest BCUT2D eigenvalue weighted by Crippen LogP contribution is -2.30. The standard InChI is InChI=1S/C12H19NO2/c1-13-12(6-10-2-4-14-8-10)7-11-3-5-15-9-11/h2,4,8,11-13H,3,5-7,9H2,1H3. The molecule has 1 saturated heterocycles. The highest BCUT2D eigenvalue weighted by Crippen LogP contribution is 2.19. The number of ether oxygens (including phenoxy) is 1. The van der Waals surface area contributed by atoms with Crippen LogP contribution in [0.1, 0.15) is 18.4 Å². The first-order chi connectivity index (χ1) is 7.38. The van der Waals surface area contributed by atoms with Crippen molar-refractivity contribution in [1.82, 2.24) is 5.32 Å². The summed E-state index contributed by atoms with van der Waals surface area (Å²) in [5.41, 5.74) is 1.27. The Bertz CT molecular complexity index is 265. The van der Waals surface area contributed by atoms with Crippen LogP contribution in [0, 0.1) is 5.92 Å². The molecule has 0 radical (unpaired) electrons. The van der Waals surface area contributed by atoms with E-state index in [4.69, 9.17) is 9.15 Å². The Kier molecular flexibility index (Phi) is 3.80. The van der Waals surface area contributed by atoms with Crippen molar-refractivity contribution in [3.8, 4) is 0 Å². The van der Waals surface area contributed by atoms with Gasteiger partial charge in [0.15, 0.2) is 0 Å². The van der Waals surface area contributed by atoms with Gasteiger partial charge in [0.25, 0.3) is 0 Å². The van der Waals surface area contributed by atoms with Crippen molar-refractivity contribution in [3.63, 3.8) is 0 Å². The van der Waals surface area contributed by atoms with E-state index in [-0.39, 0.29) is 0 Å². The summed E-state index contributed by atoms with van der Waals surface area (Å²) >= 11 is 0. The fraction of sp³-hybridized carbons (Fsp3) is 0.667. The molecule has 2 atom stereocenters. The highest BCUT2D eigenvalue weighted by Gasteiger charge is 2.20. The molecule has 3 nitrogen and oxygen atoms in total. The third-order valence-corrected chi connectivity index (χ3v) is 3.11. The Morgan fingerprint density at radius 3 is 3.13 bits per heavy atom. The SMILES string of the molecule is CNC(Cc1ccoc1)CC1CCOC1. The second-order valence-electron chi connectivity index (χ2n) is 4.29. The summed E-state index contributed by atoms with van der Waals surface area (Å²) in [7, 11) is 2.03. The Labute approximate surface area is 90.8 Å². The first-order valence-corrected chi connectivity index (χ1v) is 5.64. The van der Waals surface area contributed by atoms with Crippen LogP contribution in [0.15, 0.2) is 23.0 Å². The van der Waals surface area contributed by atoms with E-state index < -0.39 is 0 Å². The Morgan fingerprint density at radius 1 is 1.60 bits per heavy atom. The minimum Gasteiger partial charge on any atom is -0.472 e. The van der Waals surface area contributed by atoms with Gasteiger partial charge in [-0.2, -0.15) is 0 Å². The third-order valence-electron chi connectivity index (χ3n) is 3.11. The van der Waals surface area contributed by atoms with Crippen LogP contribution >= 0.6 is 0 Å². The second kappa shape index (κ2) is 5.33. The highest BCUT2D eigenvalue weighted by molar-refractivity contribution is 5.07. The minimum absolute atomic E-state index is 0.536. The topological polar surface area (TPSA) is 34.4 Å². The summed E-state index contributed by atoms with van der Waals surface area (Å²) in [5, 5.41) is 3.37. The lowest BCUT2D eigenvalue weighted by molar-refractivity contribution is 0.181. The molecule has 84 valence electrons. The molecule has 1 aliphatic heterocycles. The molecule has 0 aromatic carbocycles. The van der Waals surface area contributed by atoms with Crippen LogP contribution in [0.4, 0.5) is 0 Å². The highest BCUT2D eigenvalue weighted by atomic mass is 16.5. The number of likely N-dealkylation sites (N-methyl/N-ethyl adjacent to an activating group) is 1. The number of nitrogens with one attached hydrogen (secondary N) is 1. The van der Waals surface area contributed by atoms with Crippen LogP contribution < -0.4 is 5.32 Å². The van der Waals surface area contributed by atoms with Crippen LogP contribution in [0.25, 0.3) is 0 Å². The maximum atomic E-state index is 5.39. The zero-order valence-corrected chi connectivity index (χ0v) is 9.24. The molecule has 0 aliphatic carbocycles. The van der Waals surface area contributed by atoms with Gasteiger partial charge in [-0.05, 0) is 43.9 Å². The van der Waals surface area contributed by atoms with Gasteiger partial charge in [0, 0.05) is 19.3 Å². The molecule has 2 unspecified atom stereocenters. The van der Waals surface area contributed by atoms with Crippen molar-refractivity contribution in [1.29, 1.82) is 0 Å². The Morgan fingerprint density at radius 2 is 2.53 bits per heavy atom. The first-order valence-electron chi connectivity index (χ1n) is 5.64. The number of furan rings is 1. The van der Waals surface area contributed by atoms with E-state index in [1.165, 1.54) is 18.4 Å². The molecule has 1 fully saturated rings. The van der Waals surface area contributed by atoms with Gasteiger partial charge in [-0.15, -0.1) is 0 Å². The number of hydrogen-bond acceptors (Lipinski definition) is 3. The first kappa shape index (κ1) is 10.7. The maximum absolute atomic E-state index is 5.39. The van der Waals surface area contributed by atoms with Gasteiger partial charge in [-0.25, -0.2) is 0 Å². The maximum Gasteiger partial charge on any atom is 0.0935 e. The summed E-state index contributed by atoms with van der Waals surface area (Å²) in [6, 6.07) is 2.57. The normalized spacial score (nSPS) is 23.1. The molecule has 1 aromatic rings. The predicted octanol–water partition coefficient (Wildman–Crippen LogP) is 1.84. The van der Waals surface area contributed by atoms with E-state index in [1.54, 1.807) is 6.26 Å². The van der Waals surface area contributed by atoms with Crippen LogP contribution in [0.3, 0.4) is 0 Å². The molecule has 0 amide bonds. The Hall–Kier alpha value is -0.800. The van der Waals surface area contributed by atoms with E-state index in [0.29, 0.717) is 6.04 Å². The van der Waals surface area contributed by atoms with Gasteiger partial charge in [-0.3, -0.25) is 0 Å². The van der Waals surface area contributed by atoms with Gasteiger partial charge in [0.05, 0.1) is 12.5 Å².